The second-order valence-electron chi connectivity index (χ2n) is 5.27. The van der Waals surface area contributed by atoms with Crippen LogP contribution in [0, 0.1) is 6.92 Å². The van der Waals surface area contributed by atoms with Gasteiger partial charge in [0.25, 0.3) is 0 Å². The summed E-state index contributed by atoms with van der Waals surface area (Å²) in [5, 5.41) is 3.57. The molecule has 0 bridgehead atoms. The van der Waals surface area contributed by atoms with Crippen molar-refractivity contribution in [3.05, 3.63) is 53.0 Å². The largest absolute Gasteiger partial charge is 0.496 e. The van der Waals surface area contributed by atoms with Crippen LogP contribution in [0.3, 0.4) is 0 Å². The third-order valence-electron chi connectivity index (χ3n) is 3.67. The molecule has 21 heavy (non-hydrogen) atoms. The van der Waals surface area contributed by atoms with Crippen LogP contribution in [-0.4, -0.2) is 13.7 Å². The van der Waals surface area contributed by atoms with Crippen molar-refractivity contribution in [2.24, 2.45) is 0 Å². The molecule has 0 aliphatic carbocycles. The van der Waals surface area contributed by atoms with E-state index in [1.807, 2.05) is 6.07 Å². The summed E-state index contributed by atoms with van der Waals surface area (Å²) in [6.07, 6.45) is 2.01. The van der Waals surface area contributed by atoms with Gasteiger partial charge in [-0.3, -0.25) is 0 Å². The van der Waals surface area contributed by atoms with E-state index in [0.29, 0.717) is 0 Å². The fraction of sp³-hybridized carbons (Fsp3) is 0.444. The summed E-state index contributed by atoms with van der Waals surface area (Å²) in [6.45, 7) is 7.30. The Morgan fingerprint density at radius 3 is 2.57 bits per heavy atom. The minimum atomic E-state index is 0.0925. The highest BCUT2D eigenvalue weighted by Gasteiger charge is 2.18. The third-order valence-corrected chi connectivity index (χ3v) is 3.67. The molecule has 2 aromatic rings. The first kappa shape index (κ1) is 15.6. The zero-order valence-corrected chi connectivity index (χ0v) is 13.4. The molecule has 1 N–H and O–H groups in total. The number of rotatable bonds is 7. The van der Waals surface area contributed by atoms with Crippen molar-refractivity contribution in [3.63, 3.8) is 0 Å². The van der Waals surface area contributed by atoms with Gasteiger partial charge in [0.2, 0.25) is 0 Å². The lowest BCUT2D eigenvalue weighted by atomic mass is 10.0. The standard InChI is InChI=1S/C18H25NO2/c1-5-11-19-18(17-10-8-15(6-2)21-17)14-7-9-16(20-4)13(3)12-14/h7-10,12,18-19H,5-6,11H2,1-4H3. The Hall–Kier alpha value is -1.74. The predicted octanol–water partition coefficient (Wildman–Crippen LogP) is 4.25. The molecule has 114 valence electrons. The fourth-order valence-electron chi connectivity index (χ4n) is 2.49. The van der Waals surface area contributed by atoms with Gasteiger partial charge in [0.1, 0.15) is 17.3 Å². The smallest absolute Gasteiger partial charge is 0.125 e. The van der Waals surface area contributed by atoms with Gasteiger partial charge in [-0.1, -0.05) is 26.0 Å². The molecule has 0 aliphatic rings. The number of benzene rings is 1. The average molecular weight is 287 g/mol. The van der Waals surface area contributed by atoms with Crippen LogP contribution in [0.2, 0.25) is 0 Å². The highest BCUT2D eigenvalue weighted by atomic mass is 16.5. The van der Waals surface area contributed by atoms with Crippen LogP contribution in [0.5, 0.6) is 5.75 Å². The van der Waals surface area contributed by atoms with Gasteiger partial charge in [-0.2, -0.15) is 0 Å². The van der Waals surface area contributed by atoms with E-state index in [4.69, 9.17) is 9.15 Å². The Balaban J connectivity index is 2.32. The van der Waals surface area contributed by atoms with Crippen molar-refractivity contribution in [2.75, 3.05) is 13.7 Å². The monoisotopic (exact) mass is 287 g/mol. The zero-order chi connectivity index (χ0) is 15.2. The first-order chi connectivity index (χ1) is 10.2. The summed E-state index contributed by atoms with van der Waals surface area (Å²) in [7, 11) is 1.70. The molecule has 0 aliphatic heterocycles. The molecule has 1 aromatic carbocycles. The van der Waals surface area contributed by atoms with Crippen LogP contribution < -0.4 is 10.1 Å². The summed E-state index contributed by atoms with van der Waals surface area (Å²) >= 11 is 0. The Morgan fingerprint density at radius 1 is 1.19 bits per heavy atom. The topological polar surface area (TPSA) is 34.4 Å². The van der Waals surface area contributed by atoms with Gasteiger partial charge in [-0.25, -0.2) is 0 Å². The van der Waals surface area contributed by atoms with E-state index in [1.165, 1.54) is 5.56 Å². The molecule has 0 spiro atoms. The quantitative estimate of drug-likeness (QED) is 0.826. The average Bonchev–Trinajstić information content (AvgIpc) is 2.96. The van der Waals surface area contributed by atoms with Crippen molar-refractivity contribution in [2.45, 2.75) is 39.7 Å². The molecule has 1 unspecified atom stereocenters. The summed E-state index contributed by atoms with van der Waals surface area (Å²) in [4.78, 5) is 0. The molecule has 0 saturated heterocycles. The van der Waals surface area contributed by atoms with Crippen molar-refractivity contribution in [3.8, 4) is 5.75 Å². The molecule has 0 amide bonds. The van der Waals surface area contributed by atoms with Gasteiger partial charge in [-0.05, 0) is 49.2 Å². The molecule has 0 radical (unpaired) electrons. The van der Waals surface area contributed by atoms with E-state index in [9.17, 15) is 0 Å². The Kier molecular flexibility index (Phi) is 5.45. The number of aryl methyl sites for hydroxylation is 2. The second-order valence-corrected chi connectivity index (χ2v) is 5.27. The maximum atomic E-state index is 5.95. The zero-order valence-electron chi connectivity index (χ0n) is 13.4. The van der Waals surface area contributed by atoms with Crippen molar-refractivity contribution < 1.29 is 9.15 Å². The van der Waals surface area contributed by atoms with Gasteiger partial charge in [0, 0.05) is 6.42 Å². The van der Waals surface area contributed by atoms with E-state index in [2.05, 4.69) is 50.4 Å². The van der Waals surface area contributed by atoms with Crippen molar-refractivity contribution in [1.82, 2.24) is 5.32 Å². The van der Waals surface area contributed by atoms with Crippen LogP contribution >= 0.6 is 0 Å². The van der Waals surface area contributed by atoms with E-state index >= 15 is 0 Å². The van der Waals surface area contributed by atoms with Crippen LogP contribution in [0.15, 0.2) is 34.7 Å². The maximum Gasteiger partial charge on any atom is 0.125 e. The Labute approximate surface area is 127 Å². The first-order valence-corrected chi connectivity index (χ1v) is 7.66. The summed E-state index contributed by atoms with van der Waals surface area (Å²) in [5.41, 5.74) is 2.35. The fourth-order valence-corrected chi connectivity index (χ4v) is 2.49. The lowest BCUT2D eigenvalue weighted by Gasteiger charge is -2.18. The summed E-state index contributed by atoms with van der Waals surface area (Å²) in [5.74, 6) is 2.92. The van der Waals surface area contributed by atoms with Crippen molar-refractivity contribution >= 4 is 0 Å². The highest BCUT2D eigenvalue weighted by Crippen LogP contribution is 2.28. The van der Waals surface area contributed by atoms with E-state index in [-0.39, 0.29) is 6.04 Å². The minimum Gasteiger partial charge on any atom is -0.496 e. The van der Waals surface area contributed by atoms with Crippen LogP contribution in [0.25, 0.3) is 0 Å². The van der Waals surface area contributed by atoms with E-state index < -0.39 is 0 Å². The molecular weight excluding hydrogens is 262 g/mol. The maximum absolute atomic E-state index is 5.95. The molecule has 1 atom stereocenters. The molecular formula is C18H25NO2. The number of nitrogens with one attached hydrogen (secondary N) is 1. The molecule has 0 fully saturated rings. The molecule has 3 nitrogen and oxygen atoms in total. The number of methoxy groups -OCH3 is 1. The Bertz CT molecular complexity index is 574. The molecule has 2 rings (SSSR count). The van der Waals surface area contributed by atoms with Crippen LogP contribution in [0.4, 0.5) is 0 Å². The lowest BCUT2D eigenvalue weighted by molar-refractivity contribution is 0.409. The molecule has 3 heteroatoms. The van der Waals surface area contributed by atoms with Crippen LogP contribution in [-0.2, 0) is 6.42 Å². The number of hydrogen-bond donors (Lipinski definition) is 1. The van der Waals surface area contributed by atoms with Gasteiger partial charge in [0.05, 0.1) is 13.2 Å². The Morgan fingerprint density at radius 2 is 2.00 bits per heavy atom. The normalized spacial score (nSPS) is 12.4. The van der Waals surface area contributed by atoms with Gasteiger partial charge >= 0.3 is 0 Å². The van der Waals surface area contributed by atoms with Crippen LogP contribution in [0.1, 0.15) is 49.0 Å². The third kappa shape index (κ3) is 3.67. The SMILES string of the molecule is CCCNC(c1ccc(OC)c(C)c1)c1ccc(CC)o1. The number of ether oxygens (including phenoxy) is 1. The first-order valence-electron chi connectivity index (χ1n) is 7.66. The molecule has 1 heterocycles. The van der Waals surface area contributed by atoms with Gasteiger partial charge in [0.15, 0.2) is 0 Å². The minimum absolute atomic E-state index is 0.0925. The molecule has 1 aromatic heterocycles. The predicted molar refractivity (Wildman–Crippen MR) is 86.0 cm³/mol. The second kappa shape index (κ2) is 7.32. The van der Waals surface area contributed by atoms with Gasteiger partial charge in [-0.15, -0.1) is 0 Å². The van der Waals surface area contributed by atoms with Gasteiger partial charge < -0.3 is 14.5 Å². The summed E-state index contributed by atoms with van der Waals surface area (Å²) < 4.78 is 11.3. The highest BCUT2D eigenvalue weighted by molar-refractivity contribution is 5.39. The molecule has 0 saturated carbocycles. The summed E-state index contributed by atoms with van der Waals surface area (Å²) in [6, 6.07) is 10.5. The van der Waals surface area contributed by atoms with E-state index in [0.717, 1.165) is 42.2 Å². The lowest BCUT2D eigenvalue weighted by Crippen LogP contribution is -2.22. The number of hydrogen-bond acceptors (Lipinski definition) is 3. The van der Waals surface area contributed by atoms with Crippen molar-refractivity contribution in [1.29, 1.82) is 0 Å². The number of furan rings is 1. The van der Waals surface area contributed by atoms with E-state index in [1.54, 1.807) is 7.11 Å².